The standard InChI is InChI=1S/C41H24S/c1-5-13-35-28(9-1)29-10-2-6-14-36(29)41(35)37-15-7-3-11-30(37)33-22-19-25-17-18-26(23-34(25)40(33)41)27-20-21-32-31-12-4-8-16-38(31)42-39(32)24-27/h1-24H. The predicted octanol–water partition coefficient (Wildman–Crippen LogP) is 11.2. The number of rotatable bonds is 1. The van der Waals surface area contributed by atoms with Crippen LogP contribution >= 0.6 is 11.3 Å². The number of thiophene rings is 1. The third-order valence-corrected chi connectivity index (χ3v) is 10.8. The zero-order chi connectivity index (χ0) is 27.4. The Hall–Kier alpha value is -4.98. The molecule has 10 rings (SSSR count). The van der Waals surface area contributed by atoms with Crippen molar-refractivity contribution in [1.29, 1.82) is 0 Å². The van der Waals surface area contributed by atoms with Crippen molar-refractivity contribution in [2.24, 2.45) is 0 Å². The first-order chi connectivity index (χ1) is 20.8. The molecule has 0 saturated carbocycles. The van der Waals surface area contributed by atoms with E-state index in [1.165, 1.54) is 86.6 Å². The second kappa shape index (κ2) is 8.06. The van der Waals surface area contributed by atoms with Gasteiger partial charge in [-0.3, -0.25) is 0 Å². The van der Waals surface area contributed by atoms with Crippen molar-refractivity contribution in [3.05, 3.63) is 168 Å². The highest BCUT2D eigenvalue weighted by Crippen LogP contribution is 2.64. The van der Waals surface area contributed by atoms with Crippen LogP contribution in [-0.4, -0.2) is 0 Å². The lowest BCUT2D eigenvalue weighted by Gasteiger charge is -2.31. The lowest BCUT2D eigenvalue weighted by molar-refractivity contribution is 0.801. The molecule has 2 aliphatic rings. The van der Waals surface area contributed by atoms with Gasteiger partial charge in [0.15, 0.2) is 0 Å². The normalized spacial score (nSPS) is 13.9. The van der Waals surface area contributed by atoms with E-state index in [1.54, 1.807) is 0 Å². The summed E-state index contributed by atoms with van der Waals surface area (Å²) in [7, 11) is 0. The summed E-state index contributed by atoms with van der Waals surface area (Å²) in [6.45, 7) is 0. The minimum absolute atomic E-state index is 0.341. The Morgan fingerprint density at radius 3 is 1.67 bits per heavy atom. The van der Waals surface area contributed by atoms with Crippen molar-refractivity contribution in [3.63, 3.8) is 0 Å². The lowest BCUT2D eigenvalue weighted by Crippen LogP contribution is -2.26. The first-order valence-corrected chi connectivity index (χ1v) is 15.4. The van der Waals surface area contributed by atoms with Gasteiger partial charge in [0, 0.05) is 20.2 Å². The molecule has 1 aromatic heterocycles. The van der Waals surface area contributed by atoms with Gasteiger partial charge in [0.25, 0.3) is 0 Å². The maximum atomic E-state index is 2.46. The van der Waals surface area contributed by atoms with E-state index in [2.05, 4.69) is 146 Å². The molecule has 7 aromatic carbocycles. The smallest absolute Gasteiger partial charge is 0.0731 e. The topological polar surface area (TPSA) is 0 Å². The van der Waals surface area contributed by atoms with E-state index in [-0.39, 0.29) is 5.41 Å². The third kappa shape index (κ3) is 2.72. The highest BCUT2D eigenvalue weighted by atomic mass is 32.1. The summed E-state index contributed by atoms with van der Waals surface area (Å²) in [5.74, 6) is 0. The van der Waals surface area contributed by atoms with E-state index >= 15 is 0 Å². The molecule has 0 bridgehead atoms. The molecule has 0 unspecified atom stereocenters. The van der Waals surface area contributed by atoms with Gasteiger partial charge in [-0.15, -0.1) is 11.3 Å². The summed E-state index contributed by atoms with van der Waals surface area (Å²) in [5, 5.41) is 5.31. The average molecular weight is 549 g/mol. The van der Waals surface area contributed by atoms with Crippen LogP contribution in [-0.2, 0) is 5.41 Å². The number of benzene rings is 7. The Morgan fingerprint density at radius 1 is 0.381 bits per heavy atom. The molecule has 0 amide bonds. The van der Waals surface area contributed by atoms with Crippen molar-refractivity contribution in [3.8, 4) is 33.4 Å². The van der Waals surface area contributed by atoms with Gasteiger partial charge in [-0.25, -0.2) is 0 Å². The number of hydrogen-bond acceptors (Lipinski definition) is 1. The maximum Gasteiger partial charge on any atom is 0.0731 e. The van der Waals surface area contributed by atoms with Crippen molar-refractivity contribution in [2.75, 3.05) is 0 Å². The zero-order valence-electron chi connectivity index (χ0n) is 22.8. The zero-order valence-corrected chi connectivity index (χ0v) is 23.6. The van der Waals surface area contributed by atoms with E-state index in [0.717, 1.165) is 0 Å². The van der Waals surface area contributed by atoms with Crippen LogP contribution in [0.1, 0.15) is 22.3 Å². The van der Waals surface area contributed by atoms with Gasteiger partial charge in [0.2, 0.25) is 0 Å². The van der Waals surface area contributed by atoms with E-state index in [0.29, 0.717) is 0 Å². The minimum Gasteiger partial charge on any atom is -0.135 e. The molecule has 2 aliphatic carbocycles. The molecule has 0 saturated heterocycles. The Labute approximate surface area is 248 Å². The summed E-state index contributed by atoms with van der Waals surface area (Å²) < 4.78 is 2.69. The van der Waals surface area contributed by atoms with Gasteiger partial charge in [-0.2, -0.15) is 0 Å². The van der Waals surface area contributed by atoms with E-state index in [4.69, 9.17) is 0 Å². The van der Waals surface area contributed by atoms with Gasteiger partial charge in [0.1, 0.15) is 0 Å². The van der Waals surface area contributed by atoms with Gasteiger partial charge in [-0.05, 0) is 84.6 Å². The molecule has 194 valence electrons. The van der Waals surface area contributed by atoms with Crippen LogP contribution in [0.3, 0.4) is 0 Å². The third-order valence-electron chi connectivity index (χ3n) is 9.68. The lowest BCUT2D eigenvalue weighted by atomic mass is 9.69. The molecule has 0 aliphatic heterocycles. The van der Waals surface area contributed by atoms with Crippen LogP contribution in [0.25, 0.3) is 64.3 Å². The van der Waals surface area contributed by atoms with Crippen LogP contribution in [0.5, 0.6) is 0 Å². The highest BCUT2D eigenvalue weighted by Gasteiger charge is 2.52. The van der Waals surface area contributed by atoms with Crippen LogP contribution in [0.15, 0.2) is 146 Å². The second-order valence-electron chi connectivity index (χ2n) is 11.6. The van der Waals surface area contributed by atoms with E-state index < -0.39 is 0 Å². The molecular formula is C41H24S. The Kier molecular flexibility index (Phi) is 4.35. The molecule has 0 nitrogen and oxygen atoms in total. The SMILES string of the molecule is c1ccc2c(c1)-c1ccccc1C21c2ccccc2-c2ccc3ccc(-c4ccc5c(c4)sc4ccccc45)cc3c21. The fraction of sp³-hybridized carbons (Fsp3) is 0.0244. The van der Waals surface area contributed by atoms with Crippen molar-refractivity contribution >= 4 is 42.3 Å². The molecule has 0 fully saturated rings. The van der Waals surface area contributed by atoms with Crippen molar-refractivity contribution in [1.82, 2.24) is 0 Å². The van der Waals surface area contributed by atoms with E-state index in [9.17, 15) is 0 Å². The van der Waals surface area contributed by atoms with Crippen molar-refractivity contribution in [2.45, 2.75) is 5.41 Å². The monoisotopic (exact) mass is 548 g/mol. The largest absolute Gasteiger partial charge is 0.135 e. The number of hydrogen-bond donors (Lipinski definition) is 0. The quantitative estimate of drug-likeness (QED) is 0.191. The van der Waals surface area contributed by atoms with Crippen molar-refractivity contribution < 1.29 is 0 Å². The molecule has 0 atom stereocenters. The predicted molar refractivity (Wildman–Crippen MR) is 179 cm³/mol. The van der Waals surface area contributed by atoms with Gasteiger partial charge >= 0.3 is 0 Å². The fourth-order valence-corrected chi connectivity index (χ4v) is 9.15. The first-order valence-electron chi connectivity index (χ1n) is 14.6. The minimum atomic E-state index is -0.341. The summed E-state index contributed by atoms with van der Waals surface area (Å²) in [6, 6.07) is 54.7. The van der Waals surface area contributed by atoms with Crippen LogP contribution < -0.4 is 0 Å². The molecule has 0 radical (unpaired) electrons. The summed E-state index contributed by atoms with van der Waals surface area (Å²) in [4.78, 5) is 0. The van der Waals surface area contributed by atoms with Crippen LogP contribution in [0.2, 0.25) is 0 Å². The summed E-state index contributed by atoms with van der Waals surface area (Å²) >= 11 is 1.89. The van der Waals surface area contributed by atoms with Gasteiger partial charge in [0.05, 0.1) is 5.41 Å². The van der Waals surface area contributed by atoms with Crippen LogP contribution in [0.4, 0.5) is 0 Å². The Bertz CT molecular complexity index is 2360. The first kappa shape index (κ1) is 22.7. The van der Waals surface area contributed by atoms with Gasteiger partial charge < -0.3 is 0 Å². The number of fused-ring (bicyclic) bond motifs is 15. The highest BCUT2D eigenvalue weighted by molar-refractivity contribution is 7.25. The molecule has 0 N–H and O–H groups in total. The molecule has 1 heterocycles. The Morgan fingerprint density at radius 2 is 0.929 bits per heavy atom. The molecule has 8 aromatic rings. The second-order valence-corrected chi connectivity index (χ2v) is 12.7. The molecular weight excluding hydrogens is 525 g/mol. The summed E-state index contributed by atoms with van der Waals surface area (Å²) in [6.07, 6.45) is 0. The molecule has 1 spiro atoms. The van der Waals surface area contributed by atoms with Gasteiger partial charge in [-0.1, -0.05) is 127 Å². The Balaban J connectivity index is 1.30. The van der Waals surface area contributed by atoms with Crippen LogP contribution in [0, 0.1) is 0 Å². The molecule has 42 heavy (non-hydrogen) atoms. The maximum absolute atomic E-state index is 2.46. The van der Waals surface area contributed by atoms with E-state index in [1.807, 2.05) is 11.3 Å². The fourth-order valence-electron chi connectivity index (χ4n) is 8.01. The average Bonchev–Trinajstić information content (AvgIpc) is 3.68. The summed E-state index contributed by atoms with van der Waals surface area (Å²) in [5.41, 5.74) is 13.2. The molecule has 1 heteroatoms.